The second kappa shape index (κ2) is 7.82. The van der Waals surface area contributed by atoms with Crippen LogP contribution in [0.1, 0.15) is 113 Å². The first-order chi connectivity index (χ1) is 15.8. The predicted octanol–water partition coefficient (Wildman–Crippen LogP) is 8.61. The third kappa shape index (κ3) is 2.93. The van der Waals surface area contributed by atoms with Crippen LogP contribution in [0, 0.1) is 62.6 Å². The Bertz CT molecular complexity index is 890. The molecule has 0 aromatic carbocycles. The van der Waals surface area contributed by atoms with Crippen molar-refractivity contribution in [3.8, 4) is 0 Å². The second-order valence-electron chi connectivity index (χ2n) is 15.0. The van der Waals surface area contributed by atoms with Gasteiger partial charge in [0.1, 0.15) is 0 Å². The van der Waals surface area contributed by atoms with Crippen molar-refractivity contribution in [1.82, 2.24) is 0 Å². The minimum absolute atomic E-state index is 0.0743. The lowest BCUT2D eigenvalue weighted by atomic mass is 9.32. The molecule has 3 heteroatoms. The summed E-state index contributed by atoms with van der Waals surface area (Å²) in [6, 6.07) is 0. The summed E-state index contributed by atoms with van der Waals surface area (Å²) >= 11 is 0. The zero-order chi connectivity index (χ0) is 24.9. The highest BCUT2D eigenvalue weighted by Crippen LogP contribution is 2.77. The van der Waals surface area contributed by atoms with Crippen LogP contribution >= 0.6 is 9.47 Å². The normalized spacial score (nSPS) is 51.6. The number of fused-ring (bicyclic) bond motifs is 7. The molecule has 4 saturated carbocycles. The van der Waals surface area contributed by atoms with Crippen LogP contribution in [0.2, 0.25) is 0 Å². The van der Waals surface area contributed by atoms with Crippen molar-refractivity contribution in [1.29, 1.82) is 0 Å². The fourth-order valence-electron chi connectivity index (χ4n) is 11.6. The van der Waals surface area contributed by atoms with Crippen molar-refractivity contribution >= 4 is 15.4 Å². The van der Waals surface area contributed by atoms with E-state index in [2.05, 4.69) is 70.9 Å². The fraction of sp³-hybridized carbons (Fsp3) is 0.903. The maximum atomic E-state index is 13.4. The fourth-order valence-corrected chi connectivity index (χ4v) is 11.8. The molecular weight excluding hydrogens is 435 g/mol. The summed E-state index contributed by atoms with van der Waals surface area (Å²) in [6.07, 6.45) is 13.7. The Morgan fingerprint density at radius 1 is 0.941 bits per heavy atom. The molecule has 2 unspecified atom stereocenters. The Balaban J connectivity index is 1.57. The van der Waals surface area contributed by atoms with Gasteiger partial charge < -0.3 is 4.52 Å². The SMILES string of the molecule is CC1=CC[C@]2(C)C3CC[C@@H]4[C@H]5[C@H](C(C)C)CC[C@]5(C(=O)OP)CC[C@@]4(C)[C@]3(C)CC[C@H]2C1(C)C. The van der Waals surface area contributed by atoms with E-state index in [-0.39, 0.29) is 11.4 Å². The van der Waals surface area contributed by atoms with Gasteiger partial charge in [0.25, 0.3) is 0 Å². The molecule has 5 aliphatic carbocycles. The van der Waals surface area contributed by atoms with Crippen molar-refractivity contribution in [3.63, 3.8) is 0 Å². The van der Waals surface area contributed by atoms with Crippen molar-refractivity contribution < 1.29 is 9.32 Å². The van der Waals surface area contributed by atoms with Crippen LogP contribution in [0.5, 0.6) is 0 Å². The number of carbonyl (C=O) groups is 1. The summed E-state index contributed by atoms with van der Waals surface area (Å²) in [5.74, 6) is 4.07. The van der Waals surface area contributed by atoms with E-state index in [9.17, 15) is 4.79 Å². The van der Waals surface area contributed by atoms with Crippen LogP contribution in [0.4, 0.5) is 0 Å². The van der Waals surface area contributed by atoms with Crippen molar-refractivity contribution in [2.24, 2.45) is 62.6 Å². The maximum Gasteiger partial charge on any atom is 0.314 e. The van der Waals surface area contributed by atoms with E-state index >= 15 is 0 Å². The van der Waals surface area contributed by atoms with Gasteiger partial charge in [-0.3, -0.25) is 4.79 Å². The molecule has 0 aromatic heterocycles. The Labute approximate surface area is 212 Å². The third-order valence-corrected chi connectivity index (χ3v) is 14.1. The minimum atomic E-state index is -0.238. The highest BCUT2D eigenvalue weighted by Gasteiger charge is 2.71. The summed E-state index contributed by atoms with van der Waals surface area (Å²) in [5, 5.41) is 0. The Kier molecular flexibility index (Phi) is 5.82. The lowest BCUT2D eigenvalue weighted by Crippen LogP contribution is -2.66. The molecule has 0 saturated heterocycles. The van der Waals surface area contributed by atoms with E-state index in [1.54, 1.807) is 5.57 Å². The van der Waals surface area contributed by atoms with Crippen LogP contribution in [-0.4, -0.2) is 5.97 Å². The number of rotatable bonds is 2. The molecule has 2 nitrogen and oxygen atoms in total. The highest BCUT2D eigenvalue weighted by atomic mass is 31.0. The van der Waals surface area contributed by atoms with Gasteiger partial charge >= 0.3 is 5.97 Å². The molecule has 0 spiro atoms. The minimum Gasteiger partial charge on any atom is -0.451 e. The van der Waals surface area contributed by atoms with E-state index in [4.69, 9.17) is 4.52 Å². The molecule has 0 bridgehead atoms. The van der Waals surface area contributed by atoms with Gasteiger partial charge in [-0.25, -0.2) is 0 Å². The van der Waals surface area contributed by atoms with Crippen LogP contribution in [-0.2, 0) is 9.32 Å². The molecule has 4 fully saturated rings. The summed E-state index contributed by atoms with van der Waals surface area (Å²) in [5.41, 5.74) is 2.75. The zero-order valence-electron chi connectivity index (χ0n) is 23.3. The van der Waals surface area contributed by atoms with Crippen LogP contribution < -0.4 is 0 Å². The Morgan fingerprint density at radius 2 is 1.65 bits per heavy atom. The van der Waals surface area contributed by atoms with Crippen molar-refractivity contribution in [2.45, 2.75) is 113 Å². The first-order valence-corrected chi connectivity index (χ1v) is 14.8. The Hall–Kier alpha value is -0.360. The average molecular weight is 487 g/mol. The van der Waals surface area contributed by atoms with Gasteiger partial charge in [0.05, 0.1) is 14.9 Å². The molecule has 0 aromatic rings. The van der Waals surface area contributed by atoms with Crippen LogP contribution in [0.15, 0.2) is 11.6 Å². The number of hydrogen-bond donors (Lipinski definition) is 0. The zero-order valence-corrected chi connectivity index (χ0v) is 24.5. The van der Waals surface area contributed by atoms with Crippen molar-refractivity contribution in [3.05, 3.63) is 11.6 Å². The van der Waals surface area contributed by atoms with Gasteiger partial charge in [-0.15, -0.1) is 0 Å². The first-order valence-electron chi connectivity index (χ1n) is 14.4. The Morgan fingerprint density at radius 3 is 2.29 bits per heavy atom. The van der Waals surface area contributed by atoms with Crippen LogP contribution in [0.3, 0.4) is 0 Å². The van der Waals surface area contributed by atoms with E-state index in [0.29, 0.717) is 45.3 Å². The summed E-state index contributed by atoms with van der Waals surface area (Å²) < 4.78 is 5.46. The van der Waals surface area contributed by atoms with Gasteiger partial charge in [-0.2, -0.15) is 0 Å². The van der Waals surface area contributed by atoms with E-state index in [1.807, 2.05) is 0 Å². The van der Waals surface area contributed by atoms with E-state index in [1.165, 1.54) is 44.9 Å². The molecule has 0 heterocycles. The van der Waals surface area contributed by atoms with Gasteiger partial charge in [0.15, 0.2) is 0 Å². The molecule has 0 N–H and O–H groups in total. The van der Waals surface area contributed by atoms with E-state index in [0.717, 1.165) is 24.7 Å². The lowest BCUT2D eigenvalue weighted by Gasteiger charge is -2.72. The van der Waals surface area contributed by atoms with Gasteiger partial charge in [0, 0.05) is 0 Å². The first kappa shape index (κ1) is 25.3. The largest absolute Gasteiger partial charge is 0.451 e. The number of allylic oxidation sites excluding steroid dienone is 2. The number of hydrogen-bond acceptors (Lipinski definition) is 2. The smallest absolute Gasteiger partial charge is 0.314 e. The molecule has 0 amide bonds. The van der Waals surface area contributed by atoms with Gasteiger partial charge in [-0.1, -0.05) is 60.1 Å². The highest BCUT2D eigenvalue weighted by molar-refractivity contribution is 7.10. The van der Waals surface area contributed by atoms with Gasteiger partial charge in [-0.05, 0) is 122 Å². The number of carbonyl (C=O) groups excluding carboxylic acids is 1. The summed E-state index contributed by atoms with van der Waals surface area (Å²) in [4.78, 5) is 13.4. The molecule has 10 atom stereocenters. The molecule has 192 valence electrons. The molecule has 5 aliphatic rings. The molecule has 0 aliphatic heterocycles. The monoisotopic (exact) mass is 486 g/mol. The predicted molar refractivity (Wildman–Crippen MR) is 144 cm³/mol. The maximum absolute atomic E-state index is 13.4. The molecule has 34 heavy (non-hydrogen) atoms. The summed E-state index contributed by atoms with van der Waals surface area (Å²) in [6.45, 7) is 20.3. The quantitative estimate of drug-likeness (QED) is 0.288. The third-order valence-electron chi connectivity index (χ3n) is 13.9. The van der Waals surface area contributed by atoms with Crippen LogP contribution in [0.25, 0.3) is 0 Å². The molecule has 0 radical (unpaired) electrons. The average Bonchev–Trinajstić information content (AvgIpc) is 3.18. The molecular formula is C31H51O2P. The lowest BCUT2D eigenvalue weighted by molar-refractivity contribution is -0.230. The topological polar surface area (TPSA) is 26.3 Å². The second-order valence-corrected chi connectivity index (χ2v) is 15.3. The van der Waals surface area contributed by atoms with Crippen molar-refractivity contribution in [2.75, 3.05) is 0 Å². The van der Waals surface area contributed by atoms with Gasteiger partial charge in [0.2, 0.25) is 0 Å². The molecule has 5 rings (SSSR count). The summed E-state index contributed by atoms with van der Waals surface area (Å²) in [7, 11) is 2.29. The van der Waals surface area contributed by atoms with E-state index < -0.39 is 0 Å². The standard InChI is InChI=1S/C31H51O2P/c1-19(2)21-12-16-31(26(32)33-34)18-17-29(7)22(25(21)31)9-10-24-28(6)14-11-20(3)27(4,5)23(28)13-15-30(24,29)8/h11,19,21-25H,9-10,12-18,34H2,1-8H3/t21-,22+,23-,24?,25+,28-,29+,30+,31-/m0/s1.